The summed E-state index contributed by atoms with van der Waals surface area (Å²) >= 11 is 0. The molecule has 0 amide bonds. The van der Waals surface area contributed by atoms with E-state index in [4.69, 9.17) is 14.1 Å². The van der Waals surface area contributed by atoms with Crippen molar-refractivity contribution >= 4 is 23.2 Å². The first-order valence-corrected chi connectivity index (χ1v) is 12.3. The Hall–Kier alpha value is -4.37. The SMILES string of the molecule is Cc1cnc(-c2nnc(N[C@H]3N=C(c4ccccc4)c4ccccc4CC3=O)o2)c(N2CCOCC2)c1. The van der Waals surface area contributed by atoms with Crippen LogP contribution in [0, 0.1) is 6.92 Å². The highest BCUT2D eigenvalue weighted by Gasteiger charge is 2.28. The molecule has 1 N–H and O–H groups in total. The molecular weight excluding hydrogens is 468 g/mol. The maximum Gasteiger partial charge on any atom is 0.317 e. The lowest BCUT2D eigenvalue weighted by Gasteiger charge is -2.29. The Morgan fingerprint density at radius 1 is 1.00 bits per heavy atom. The van der Waals surface area contributed by atoms with Crippen molar-refractivity contribution in [3.8, 4) is 11.6 Å². The van der Waals surface area contributed by atoms with Gasteiger partial charge in [0.05, 0.1) is 24.6 Å². The number of fused-ring (bicyclic) bond motifs is 1. The molecule has 0 bridgehead atoms. The number of hydrogen-bond donors (Lipinski definition) is 1. The second-order valence-electron chi connectivity index (χ2n) is 9.08. The third-order valence-corrected chi connectivity index (χ3v) is 6.49. The van der Waals surface area contributed by atoms with Gasteiger partial charge in [-0.1, -0.05) is 59.7 Å². The van der Waals surface area contributed by atoms with Gasteiger partial charge in [0.15, 0.2) is 17.6 Å². The number of Topliss-reactive ketones (excluding diaryl/α,β-unsaturated/α-hetero) is 1. The van der Waals surface area contributed by atoms with Gasteiger partial charge in [-0.05, 0) is 24.1 Å². The van der Waals surface area contributed by atoms with E-state index in [9.17, 15) is 4.79 Å². The number of carbonyl (C=O) groups excluding carboxylic acids is 1. The van der Waals surface area contributed by atoms with Gasteiger partial charge in [0, 0.05) is 36.8 Å². The van der Waals surface area contributed by atoms with Gasteiger partial charge < -0.3 is 19.4 Å². The van der Waals surface area contributed by atoms with E-state index in [1.54, 1.807) is 6.20 Å². The molecule has 9 nitrogen and oxygen atoms in total. The van der Waals surface area contributed by atoms with Gasteiger partial charge in [-0.25, -0.2) is 4.98 Å². The van der Waals surface area contributed by atoms with Crippen molar-refractivity contribution in [2.75, 3.05) is 36.5 Å². The third-order valence-electron chi connectivity index (χ3n) is 6.49. The van der Waals surface area contributed by atoms with Gasteiger partial charge in [0.1, 0.15) is 0 Å². The second kappa shape index (κ2) is 9.94. The van der Waals surface area contributed by atoms with Crippen LogP contribution in [0.15, 0.2) is 76.3 Å². The summed E-state index contributed by atoms with van der Waals surface area (Å²) < 4.78 is 11.5. The van der Waals surface area contributed by atoms with Crippen LogP contribution in [0.4, 0.5) is 11.7 Å². The zero-order valence-electron chi connectivity index (χ0n) is 20.4. The number of aryl methyl sites for hydroxylation is 1. The highest BCUT2D eigenvalue weighted by molar-refractivity contribution is 6.16. The van der Waals surface area contributed by atoms with Gasteiger partial charge in [0.2, 0.25) is 0 Å². The lowest BCUT2D eigenvalue weighted by atomic mass is 9.96. The third kappa shape index (κ3) is 4.73. The molecule has 0 saturated carbocycles. The molecule has 1 fully saturated rings. The molecule has 6 rings (SSSR count). The van der Waals surface area contributed by atoms with E-state index >= 15 is 0 Å². The first-order chi connectivity index (χ1) is 18.2. The van der Waals surface area contributed by atoms with Crippen LogP contribution in [0.3, 0.4) is 0 Å². The summed E-state index contributed by atoms with van der Waals surface area (Å²) in [5, 5.41) is 11.5. The number of carbonyl (C=O) groups is 1. The number of aromatic nitrogens is 3. The van der Waals surface area contributed by atoms with Crippen LogP contribution in [0.25, 0.3) is 11.6 Å². The van der Waals surface area contributed by atoms with Crippen LogP contribution in [0.2, 0.25) is 0 Å². The number of benzene rings is 2. The Morgan fingerprint density at radius 2 is 1.78 bits per heavy atom. The summed E-state index contributed by atoms with van der Waals surface area (Å²) in [6, 6.07) is 19.9. The summed E-state index contributed by atoms with van der Waals surface area (Å²) in [5.74, 6) is 0.196. The van der Waals surface area contributed by atoms with Gasteiger partial charge in [0.25, 0.3) is 5.89 Å². The topological polar surface area (TPSA) is 106 Å². The van der Waals surface area contributed by atoms with Crippen molar-refractivity contribution in [2.24, 2.45) is 4.99 Å². The number of rotatable bonds is 5. The molecule has 0 unspecified atom stereocenters. The second-order valence-corrected chi connectivity index (χ2v) is 9.08. The molecule has 2 aromatic heterocycles. The van der Waals surface area contributed by atoms with Crippen molar-refractivity contribution in [3.63, 3.8) is 0 Å². The molecule has 9 heteroatoms. The van der Waals surface area contributed by atoms with E-state index in [1.807, 2.05) is 61.5 Å². The Labute approximate surface area is 214 Å². The van der Waals surface area contributed by atoms with E-state index < -0.39 is 6.17 Å². The highest BCUT2D eigenvalue weighted by Crippen LogP contribution is 2.31. The lowest BCUT2D eigenvalue weighted by Crippen LogP contribution is -2.36. The number of anilines is 2. The van der Waals surface area contributed by atoms with Crippen molar-refractivity contribution in [2.45, 2.75) is 19.5 Å². The number of ether oxygens (including phenoxy) is 1. The number of morpholine rings is 1. The normalized spacial score (nSPS) is 17.6. The van der Waals surface area contributed by atoms with Crippen molar-refractivity contribution in [1.82, 2.24) is 15.2 Å². The Kier molecular flexibility index (Phi) is 6.20. The summed E-state index contributed by atoms with van der Waals surface area (Å²) in [6.45, 7) is 4.81. The molecule has 2 aromatic carbocycles. The smallest absolute Gasteiger partial charge is 0.317 e. The van der Waals surface area contributed by atoms with E-state index in [0.717, 1.165) is 46.7 Å². The van der Waals surface area contributed by atoms with Crippen LogP contribution in [-0.4, -0.2) is 59.1 Å². The number of aliphatic imine (C=N–C) groups is 1. The molecule has 2 aliphatic rings. The van der Waals surface area contributed by atoms with Crippen molar-refractivity contribution in [1.29, 1.82) is 0 Å². The minimum absolute atomic E-state index is 0.0828. The fourth-order valence-electron chi connectivity index (χ4n) is 4.66. The highest BCUT2D eigenvalue weighted by atomic mass is 16.5. The number of nitrogens with one attached hydrogen (secondary N) is 1. The zero-order chi connectivity index (χ0) is 25.2. The van der Waals surface area contributed by atoms with E-state index in [0.29, 0.717) is 18.9 Å². The van der Waals surface area contributed by atoms with E-state index in [1.165, 1.54) is 0 Å². The van der Waals surface area contributed by atoms with Gasteiger partial charge >= 0.3 is 6.01 Å². The first kappa shape index (κ1) is 23.1. The van der Waals surface area contributed by atoms with Crippen LogP contribution in [-0.2, 0) is 16.0 Å². The first-order valence-electron chi connectivity index (χ1n) is 12.3. The van der Waals surface area contributed by atoms with Crippen LogP contribution in [0.1, 0.15) is 22.3 Å². The Morgan fingerprint density at radius 3 is 2.62 bits per heavy atom. The van der Waals surface area contributed by atoms with Crippen molar-refractivity contribution < 1.29 is 13.9 Å². The summed E-state index contributed by atoms with van der Waals surface area (Å²) in [4.78, 5) is 24.9. The molecular formula is C28H26N6O3. The molecule has 37 heavy (non-hydrogen) atoms. The molecule has 0 spiro atoms. The predicted molar refractivity (Wildman–Crippen MR) is 140 cm³/mol. The van der Waals surface area contributed by atoms with Crippen molar-refractivity contribution in [3.05, 3.63) is 89.1 Å². The predicted octanol–water partition coefficient (Wildman–Crippen LogP) is 3.68. The standard InChI is InChI=1S/C28H26N6O3/c1-18-15-22(34-11-13-36-14-12-34)25(29-17-18)27-32-33-28(37-27)31-26-23(35)16-20-9-5-6-10-21(20)24(30-26)19-7-3-2-4-8-19/h2-10,15,17,26H,11-14,16H2,1H3,(H,31,33)/t26-/m1/s1. The van der Waals surface area contributed by atoms with Gasteiger partial charge in [-0.3, -0.25) is 9.79 Å². The largest absolute Gasteiger partial charge is 0.402 e. The molecule has 4 heterocycles. The summed E-state index contributed by atoms with van der Waals surface area (Å²) in [7, 11) is 0. The van der Waals surface area contributed by atoms with Gasteiger partial charge in [-0.2, -0.15) is 0 Å². The van der Waals surface area contributed by atoms with Crippen LogP contribution < -0.4 is 10.2 Å². The van der Waals surface area contributed by atoms with Gasteiger partial charge in [-0.15, -0.1) is 5.10 Å². The molecule has 0 aliphatic carbocycles. The monoisotopic (exact) mass is 494 g/mol. The minimum atomic E-state index is -0.874. The van der Waals surface area contributed by atoms with Crippen LogP contribution >= 0.6 is 0 Å². The zero-order valence-corrected chi connectivity index (χ0v) is 20.4. The molecule has 0 radical (unpaired) electrons. The number of pyridine rings is 1. The maximum atomic E-state index is 13.2. The fraction of sp³-hybridized carbons (Fsp3) is 0.250. The molecule has 186 valence electrons. The maximum absolute atomic E-state index is 13.2. The fourth-order valence-corrected chi connectivity index (χ4v) is 4.66. The number of hydrogen-bond acceptors (Lipinski definition) is 9. The molecule has 4 aromatic rings. The molecule has 1 saturated heterocycles. The lowest BCUT2D eigenvalue weighted by molar-refractivity contribution is -0.119. The molecule has 2 aliphatic heterocycles. The average Bonchev–Trinajstić information content (AvgIpc) is 3.35. The Balaban J connectivity index is 1.32. The molecule has 1 atom stereocenters. The van der Waals surface area contributed by atoms with Crippen LogP contribution in [0.5, 0.6) is 0 Å². The minimum Gasteiger partial charge on any atom is -0.402 e. The Bertz CT molecular complexity index is 1460. The van der Waals surface area contributed by atoms with E-state index in [-0.39, 0.29) is 24.1 Å². The summed E-state index contributed by atoms with van der Waals surface area (Å²) in [6.07, 6.45) is 1.15. The number of nitrogens with zero attached hydrogens (tertiary/aromatic N) is 5. The average molecular weight is 495 g/mol. The summed E-state index contributed by atoms with van der Waals surface area (Å²) in [5.41, 5.74) is 6.11. The quantitative estimate of drug-likeness (QED) is 0.448. The van der Waals surface area contributed by atoms with E-state index in [2.05, 4.69) is 31.5 Å². The number of ketones is 1.